The molecular weight excluding hydrogens is 348 g/mol. The molecule has 0 unspecified atom stereocenters. The summed E-state index contributed by atoms with van der Waals surface area (Å²) in [5.74, 6) is -2.03. The fourth-order valence-electron chi connectivity index (χ4n) is 2.12. The number of aromatic carboxylic acids is 1. The third-order valence-corrected chi connectivity index (χ3v) is 4.53. The summed E-state index contributed by atoms with van der Waals surface area (Å²) in [6.45, 7) is 0. The third-order valence-electron chi connectivity index (χ3n) is 3.23. The standard InChI is InChI=1S/C16H10N2O4S2/c19-12-5-4-10(8-11(12)15(21)22)18-14(20)13(24-16(18)23)7-9-3-1-2-6-17-9/h1-8,19H,(H,21,22)/b13-7+. The van der Waals surface area contributed by atoms with Crippen LogP contribution < -0.4 is 4.90 Å². The minimum Gasteiger partial charge on any atom is -0.507 e. The van der Waals surface area contributed by atoms with Crippen LogP contribution in [0.1, 0.15) is 16.1 Å². The third kappa shape index (κ3) is 3.01. The fraction of sp³-hybridized carbons (Fsp3) is 0. The molecule has 2 heterocycles. The van der Waals surface area contributed by atoms with Gasteiger partial charge in [-0.2, -0.15) is 0 Å². The van der Waals surface area contributed by atoms with Crippen molar-refractivity contribution in [1.29, 1.82) is 0 Å². The van der Waals surface area contributed by atoms with Crippen LogP contribution in [0.5, 0.6) is 5.75 Å². The molecule has 0 spiro atoms. The Hall–Kier alpha value is -2.71. The number of anilines is 1. The summed E-state index contributed by atoms with van der Waals surface area (Å²) in [7, 11) is 0. The van der Waals surface area contributed by atoms with Gasteiger partial charge in [-0.3, -0.25) is 14.7 Å². The summed E-state index contributed by atoms with van der Waals surface area (Å²) in [4.78, 5) is 29.5. The van der Waals surface area contributed by atoms with Crippen molar-refractivity contribution in [3.63, 3.8) is 0 Å². The van der Waals surface area contributed by atoms with Crippen LogP contribution in [0.3, 0.4) is 0 Å². The number of thiocarbonyl (C=S) groups is 1. The van der Waals surface area contributed by atoms with Crippen molar-refractivity contribution in [3.8, 4) is 5.75 Å². The summed E-state index contributed by atoms with van der Waals surface area (Å²) in [5, 5.41) is 18.7. The second-order valence-electron chi connectivity index (χ2n) is 4.78. The van der Waals surface area contributed by atoms with Gasteiger partial charge in [-0.1, -0.05) is 30.0 Å². The first-order chi connectivity index (χ1) is 11.5. The van der Waals surface area contributed by atoms with Gasteiger partial charge in [0.15, 0.2) is 4.32 Å². The van der Waals surface area contributed by atoms with Gasteiger partial charge in [0.25, 0.3) is 5.91 Å². The quantitative estimate of drug-likeness (QED) is 0.644. The molecule has 1 fully saturated rings. The van der Waals surface area contributed by atoms with E-state index in [2.05, 4.69) is 4.98 Å². The van der Waals surface area contributed by atoms with E-state index in [1.807, 2.05) is 0 Å². The molecule has 6 nitrogen and oxygen atoms in total. The molecule has 120 valence electrons. The number of phenols is 1. The Bertz CT molecular complexity index is 881. The Morgan fingerprint density at radius 3 is 2.75 bits per heavy atom. The summed E-state index contributed by atoms with van der Waals surface area (Å²) in [5.41, 5.74) is 0.613. The van der Waals surface area contributed by atoms with Gasteiger partial charge in [0.05, 0.1) is 16.3 Å². The normalized spacial score (nSPS) is 16.0. The largest absolute Gasteiger partial charge is 0.507 e. The second kappa shape index (κ2) is 6.42. The maximum absolute atomic E-state index is 12.6. The van der Waals surface area contributed by atoms with Gasteiger partial charge in [0.2, 0.25) is 0 Å². The highest BCUT2D eigenvalue weighted by Crippen LogP contribution is 2.37. The molecular formula is C16H10N2O4S2. The van der Waals surface area contributed by atoms with Gasteiger partial charge < -0.3 is 10.2 Å². The molecule has 1 aromatic heterocycles. The molecule has 1 aliphatic rings. The topological polar surface area (TPSA) is 90.7 Å². The Morgan fingerprint density at radius 1 is 1.29 bits per heavy atom. The highest BCUT2D eigenvalue weighted by atomic mass is 32.2. The van der Waals surface area contributed by atoms with E-state index in [0.29, 0.717) is 10.6 Å². The first kappa shape index (κ1) is 16.2. The van der Waals surface area contributed by atoms with Crippen LogP contribution in [0.2, 0.25) is 0 Å². The molecule has 2 N–H and O–H groups in total. The minimum atomic E-state index is -1.29. The number of carbonyl (C=O) groups is 2. The van der Waals surface area contributed by atoms with Gasteiger partial charge in [-0.25, -0.2) is 4.79 Å². The number of carboxylic acids is 1. The number of hydrogen-bond acceptors (Lipinski definition) is 6. The molecule has 1 aromatic carbocycles. The van der Waals surface area contributed by atoms with Gasteiger partial charge in [-0.05, 0) is 36.4 Å². The minimum absolute atomic E-state index is 0.282. The Balaban J connectivity index is 1.97. The van der Waals surface area contributed by atoms with E-state index < -0.39 is 5.97 Å². The highest BCUT2D eigenvalue weighted by molar-refractivity contribution is 8.27. The van der Waals surface area contributed by atoms with Crippen LogP contribution >= 0.6 is 24.0 Å². The average Bonchev–Trinajstić information content (AvgIpc) is 2.83. The number of rotatable bonds is 3. The number of hydrogen-bond donors (Lipinski definition) is 2. The van der Waals surface area contributed by atoms with E-state index in [9.17, 15) is 14.7 Å². The van der Waals surface area contributed by atoms with Crippen LogP contribution in [-0.4, -0.2) is 31.4 Å². The zero-order chi connectivity index (χ0) is 17.3. The maximum atomic E-state index is 12.6. The Kier molecular flexibility index (Phi) is 4.32. The Labute approximate surface area is 146 Å². The molecule has 0 radical (unpaired) electrons. The lowest BCUT2D eigenvalue weighted by Gasteiger charge is -2.15. The van der Waals surface area contributed by atoms with Crippen LogP contribution in [0, 0.1) is 0 Å². The molecule has 0 aliphatic carbocycles. The number of pyridine rings is 1. The van der Waals surface area contributed by atoms with Gasteiger partial charge >= 0.3 is 5.97 Å². The predicted octanol–water partition coefficient (Wildman–Crippen LogP) is 2.89. The van der Waals surface area contributed by atoms with Crippen molar-refractivity contribution in [2.45, 2.75) is 0 Å². The number of carbonyl (C=O) groups excluding carboxylic acids is 1. The summed E-state index contributed by atoms with van der Waals surface area (Å²) >= 11 is 6.34. The lowest BCUT2D eigenvalue weighted by atomic mass is 10.1. The predicted molar refractivity (Wildman–Crippen MR) is 95.0 cm³/mol. The van der Waals surface area contributed by atoms with Gasteiger partial charge in [0, 0.05) is 6.20 Å². The monoisotopic (exact) mass is 358 g/mol. The molecule has 8 heteroatoms. The fourth-order valence-corrected chi connectivity index (χ4v) is 3.40. The zero-order valence-electron chi connectivity index (χ0n) is 12.0. The van der Waals surface area contributed by atoms with Crippen molar-refractivity contribution in [2.75, 3.05) is 4.90 Å². The molecule has 2 aromatic rings. The number of carboxylic acid groups (broad SMARTS) is 1. The summed E-state index contributed by atoms with van der Waals surface area (Å²) in [6.07, 6.45) is 3.24. The van der Waals surface area contributed by atoms with Crippen molar-refractivity contribution in [1.82, 2.24) is 4.98 Å². The van der Waals surface area contributed by atoms with E-state index in [0.717, 1.165) is 11.8 Å². The molecule has 24 heavy (non-hydrogen) atoms. The average molecular weight is 358 g/mol. The van der Waals surface area contributed by atoms with Crippen molar-refractivity contribution in [3.05, 3.63) is 58.8 Å². The van der Waals surface area contributed by atoms with Crippen LogP contribution in [0.15, 0.2) is 47.5 Å². The lowest BCUT2D eigenvalue weighted by molar-refractivity contribution is -0.113. The number of nitrogens with zero attached hydrogens (tertiary/aromatic N) is 2. The van der Waals surface area contributed by atoms with Crippen molar-refractivity contribution >= 4 is 51.9 Å². The van der Waals surface area contributed by atoms with Crippen LogP contribution in [-0.2, 0) is 4.79 Å². The molecule has 0 atom stereocenters. The second-order valence-corrected chi connectivity index (χ2v) is 6.45. The van der Waals surface area contributed by atoms with Crippen molar-refractivity contribution in [2.24, 2.45) is 0 Å². The Morgan fingerprint density at radius 2 is 2.08 bits per heavy atom. The molecule has 3 rings (SSSR count). The van der Waals surface area contributed by atoms with Gasteiger partial charge in [-0.15, -0.1) is 0 Å². The SMILES string of the molecule is O=C(O)c1cc(N2C(=O)/C(=C\c3ccccn3)SC2=S)ccc1O. The van der Waals surface area contributed by atoms with Crippen molar-refractivity contribution < 1.29 is 19.8 Å². The number of amides is 1. The van der Waals surface area contributed by atoms with Crippen LogP contribution in [0.25, 0.3) is 6.08 Å². The maximum Gasteiger partial charge on any atom is 0.339 e. The zero-order valence-corrected chi connectivity index (χ0v) is 13.7. The van der Waals surface area contributed by atoms with Crippen LogP contribution in [0.4, 0.5) is 5.69 Å². The molecule has 1 aliphatic heterocycles. The highest BCUT2D eigenvalue weighted by Gasteiger charge is 2.34. The number of aromatic nitrogens is 1. The lowest BCUT2D eigenvalue weighted by Crippen LogP contribution is -2.27. The van der Waals surface area contributed by atoms with Gasteiger partial charge in [0.1, 0.15) is 11.3 Å². The van der Waals surface area contributed by atoms with E-state index in [-0.39, 0.29) is 27.2 Å². The first-order valence-corrected chi connectivity index (χ1v) is 7.95. The molecule has 0 saturated carbocycles. The van der Waals surface area contributed by atoms with E-state index in [4.69, 9.17) is 17.3 Å². The van der Waals surface area contributed by atoms with E-state index in [1.54, 1.807) is 30.5 Å². The first-order valence-electron chi connectivity index (χ1n) is 6.72. The molecule has 1 amide bonds. The summed E-state index contributed by atoms with van der Waals surface area (Å²) in [6, 6.07) is 9.21. The molecule has 1 saturated heterocycles. The van der Waals surface area contributed by atoms with E-state index >= 15 is 0 Å². The number of benzene rings is 1. The summed E-state index contributed by atoms with van der Waals surface area (Å²) < 4.78 is 0.282. The smallest absolute Gasteiger partial charge is 0.339 e. The number of aromatic hydroxyl groups is 1. The molecule has 0 bridgehead atoms. The van der Waals surface area contributed by atoms with E-state index in [1.165, 1.54) is 23.1 Å². The number of thioether (sulfide) groups is 1.